The van der Waals surface area contributed by atoms with Crippen LogP contribution in [0.2, 0.25) is 0 Å². The summed E-state index contributed by atoms with van der Waals surface area (Å²) in [6.45, 7) is 8.20. The van der Waals surface area contributed by atoms with Crippen molar-refractivity contribution in [1.82, 2.24) is 9.21 Å². The van der Waals surface area contributed by atoms with Crippen LogP contribution in [0.5, 0.6) is 5.75 Å². The van der Waals surface area contributed by atoms with E-state index in [9.17, 15) is 8.42 Å². The van der Waals surface area contributed by atoms with Crippen molar-refractivity contribution >= 4 is 15.7 Å². The molecule has 0 aromatic heterocycles. The Balaban J connectivity index is 1.22. The number of rotatable bonds is 6. The van der Waals surface area contributed by atoms with Crippen molar-refractivity contribution in [3.05, 3.63) is 54.1 Å². The van der Waals surface area contributed by atoms with Gasteiger partial charge >= 0.3 is 0 Å². The molecule has 2 aliphatic heterocycles. The zero-order valence-corrected chi connectivity index (χ0v) is 19.1. The predicted molar refractivity (Wildman–Crippen MR) is 122 cm³/mol. The Morgan fingerprint density at radius 1 is 1.00 bits per heavy atom. The number of methoxy groups -OCH3 is 1. The number of sulfonamides is 1. The van der Waals surface area contributed by atoms with Crippen molar-refractivity contribution in [2.45, 2.75) is 23.7 Å². The number of nitrogens with zero attached hydrogens (tertiary/aromatic N) is 3. The molecular weight excluding hydrogens is 410 g/mol. The second-order valence-corrected chi connectivity index (χ2v) is 10.9. The number of likely N-dealkylation sites (N-methyl/N-ethyl adjacent to an activating group) is 1. The van der Waals surface area contributed by atoms with E-state index in [4.69, 9.17) is 4.74 Å². The molecule has 2 heterocycles. The Labute approximate surface area is 185 Å². The Morgan fingerprint density at radius 2 is 1.68 bits per heavy atom. The van der Waals surface area contributed by atoms with E-state index in [0.717, 1.165) is 12.5 Å². The number of hydrogen-bond donors (Lipinski definition) is 0. The van der Waals surface area contributed by atoms with Gasteiger partial charge in [-0.25, -0.2) is 8.42 Å². The third-order valence-electron chi connectivity index (χ3n) is 7.41. The molecule has 2 atom stereocenters. The number of piperazine rings is 1. The quantitative estimate of drug-likeness (QED) is 0.690. The summed E-state index contributed by atoms with van der Waals surface area (Å²) in [7, 11) is -1.90. The van der Waals surface area contributed by atoms with Crippen molar-refractivity contribution in [1.29, 1.82) is 0 Å². The second-order valence-electron chi connectivity index (χ2n) is 9.00. The average molecular weight is 442 g/mol. The number of benzene rings is 2. The molecule has 0 radical (unpaired) electrons. The maximum Gasteiger partial charge on any atom is 0.243 e. The summed E-state index contributed by atoms with van der Waals surface area (Å²) in [4.78, 5) is 5.17. The van der Waals surface area contributed by atoms with Gasteiger partial charge in [0.05, 0.1) is 12.0 Å². The third-order valence-corrected chi connectivity index (χ3v) is 9.32. The van der Waals surface area contributed by atoms with Crippen LogP contribution < -0.4 is 9.64 Å². The number of piperidine rings is 1. The van der Waals surface area contributed by atoms with Gasteiger partial charge < -0.3 is 14.5 Å². The van der Waals surface area contributed by atoms with Crippen molar-refractivity contribution in [3.8, 4) is 5.75 Å². The summed E-state index contributed by atoms with van der Waals surface area (Å²) in [5.74, 6) is 1.48. The standard InChI is InChI=1S/C24H31N3O3S/c1-3-25-17-20-16-24(20,18-25)19-4-6-21(7-5-19)26-12-14-27(15-13-26)31(28,29)23-10-8-22(30-2)9-11-23/h4-11,20H,3,12-18H2,1-2H3. The highest BCUT2D eigenvalue weighted by molar-refractivity contribution is 7.89. The van der Waals surface area contributed by atoms with E-state index < -0.39 is 10.0 Å². The molecule has 3 fully saturated rings. The molecule has 166 valence electrons. The van der Waals surface area contributed by atoms with Gasteiger partial charge in [0.25, 0.3) is 0 Å². The topological polar surface area (TPSA) is 53.1 Å². The summed E-state index contributed by atoms with van der Waals surface area (Å²) in [6, 6.07) is 15.7. The zero-order valence-electron chi connectivity index (χ0n) is 18.3. The maximum atomic E-state index is 13.0. The minimum atomic E-state index is -3.47. The van der Waals surface area contributed by atoms with E-state index in [2.05, 4.69) is 41.0 Å². The van der Waals surface area contributed by atoms with Crippen LogP contribution in [0.4, 0.5) is 5.69 Å². The van der Waals surface area contributed by atoms with E-state index in [1.807, 2.05) is 0 Å². The first-order chi connectivity index (χ1) is 15.0. The minimum Gasteiger partial charge on any atom is -0.497 e. The van der Waals surface area contributed by atoms with Gasteiger partial charge in [0.1, 0.15) is 5.75 Å². The highest BCUT2D eigenvalue weighted by atomic mass is 32.2. The number of fused-ring (bicyclic) bond motifs is 1. The smallest absolute Gasteiger partial charge is 0.243 e. The highest BCUT2D eigenvalue weighted by Gasteiger charge is 2.60. The lowest BCUT2D eigenvalue weighted by molar-refractivity contribution is 0.314. The highest BCUT2D eigenvalue weighted by Crippen LogP contribution is 2.59. The van der Waals surface area contributed by atoms with E-state index in [0.29, 0.717) is 42.2 Å². The van der Waals surface area contributed by atoms with Crippen LogP contribution in [0.25, 0.3) is 0 Å². The van der Waals surface area contributed by atoms with Crippen molar-refractivity contribution in [2.24, 2.45) is 5.92 Å². The Kier molecular flexibility index (Phi) is 5.23. The largest absolute Gasteiger partial charge is 0.497 e. The first kappa shape index (κ1) is 20.8. The lowest BCUT2D eigenvalue weighted by Crippen LogP contribution is -2.48. The van der Waals surface area contributed by atoms with E-state index in [1.54, 1.807) is 35.7 Å². The molecule has 7 heteroatoms. The third kappa shape index (κ3) is 3.62. The number of ether oxygens (including phenoxy) is 1. The summed E-state index contributed by atoms with van der Waals surface area (Å²) in [5, 5.41) is 0. The molecular formula is C24H31N3O3S. The van der Waals surface area contributed by atoms with Gasteiger partial charge in [0, 0.05) is 50.4 Å². The van der Waals surface area contributed by atoms with Gasteiger partial charge in [0.15, 0.2) is 0 Å². The van der Waals surface area contributed by atoms with Crippen LogP contribution in [0.1, 0.15) is 18.9 Å². The lowest BCUT2D eigenvalue weighted by Gasteiger charge is -2.35. The molecule has 0 N–H and O–H groups in total. The normalized spacial score (nSPS) is 26.6. The number of likely N-dealkylation sites (tertiary alicyclic amines) is 1. The molecule has 31 heavy (non-hydrogen) atoms. The lowest BCUT2D eigenvalue weighted by atomic mass is 9.94. The zero-order chi connectivity index (χ0) is 21.6. The van der Waals surface area contributed by atoms with Crippen LogP contribution in [-0.4, -0.2) is 70.5 Å². The van der Waals surface area contributed by atoms with Crippen LogP contribution >= 0.6 is 0 Å². The fraction of sp³-hybridized carbons (Fsp3) is 0.500. The van der Waals surface area contributed by atoms with Crippen LogP contribution in [0, 0.1) is 5.92 Å². The molecule has 0 spiro atoms. The summed E-state index contributed by atoms with van der Waals surface area (Å²) < 4.78 is 32.7. The van der Waals surface area contributed by atoms with Gasteiger partial charge in [-0.05, 0) is 60.8 Å². The molecule has 2 unspecified atom stereocenters. The monoisotopic (exact) mass is 441 g/mol. The van der Waals surface area contributed by atoms with Gasteiger partial charge in [-0.1, -0.05) is 19.1 Å². The molecule has 1 saturated carbocycles. The van der Waals surface area contributed by atoms with Crippen LogP contribution in [0.15, 0.2) is 53.4 Å². The average Bonchev–Trinajstić information content (AvgIpc) is 3.40. The van der Waals surface area contributed by atoms with Crippen LogP contribution in [-0.2, 0) is 15.4 Å². The summed E-state index contributed by atoms with van der Waals surface area (Å²) in [5.41, 5.74) is 3.04. The van der Waals surface area contributed by atoms with Crippen molar-refractivity contribution < 1.29 is 13.2 Å². The molecule has 0 bridgehead atoms. The Bertz CT molecular complexity index is 1030. The van der Waals surface area contributed by atoms with E-state index in [-0.39, 0.29) is 0 Å². The number of anilines is 1. The molecule has 3 aliphatic rings. The molecule has 5 rings (SSSR count). The second kappa shape index (κ2) is 7.80. The van der Waals surface area contributed by atoms with E-state index >= 15 is 0 Å². The molecule has 2 aromatic carbocycles. The van der Waals surface area contributed by atoms with Crippen molar-refractivity contribution in [2.75, 3.05) is 57.8 Å². The van der Waals surface area contributed by atoms with Gasteiger partial charge in [-0.3, -0.25) is 0 Å². The van der Waals surface area contributed by atoms with Gasteiger partial charge in [0.2, 0.25) is 10.0 Å². The Morgan fingerprint density at radius 3 is 2.26 bits per heavy atom. The molecule has 1 aliphatic carbocycles. The molecule has 6 nitrogen and oxygen atoms in total. The first-order valence-corrected chi connectivity index (χ1v) is 12.6. The fourth-order valence-corrected chi connectivity index (χ4v) is 6.78. The number of hydrogen-bond acceptors (Lipinski definition) is 5. The molecule has 2 saturated heterocycles. The van der Waals surface area contributed by atoms with Crippen LogP contribution in [0.3, 0.4) is 0 Å². The fourth-order valence-electron chi connectivity index (χ4n) is 5.36. The summed E-state index contributed by atoms with van der Waals surface area (Å²) >= 11 is 0. The Hall–Kier alpha value is -2.09. The minimum absolute atomic E-state index is 0.321. The molecule has 0 amide bonds. The van der Waals surface area contributed by atoms with Gasteiger partial charge in [-0.2, -0.15) is 4.31 Å². The predicted octanol–water partition coefficient (Wildman–Crippen LogP) is 2.80. The first-order valence-electron chi connectivity index (χ1n) is 11.2. The maximum absolute atomic E-state index is 13.0. The summed E-state index contributed by atoms with van der Waals surface area (Å²) in [6.07, 6.45) is 1.32. The molecule has 2 aromatic rings. The van der Waals surface area contributed by atoms with Crippen molar-refractivity contribution in [3.63, 3.8) is 0 Å². The van der Waals surface area contributed by atoms with E-state index in [1.165, 1.54) is 30.8 Å². The SMILES string of the molecule is CCN1CC2CC2(c2ccc(N3CCN(S(=O)(=O)c4ccc(OC)cc4)CC3)cc2)C1. The van der Waals surface area contributed by atoms with Gasteiger partial charge in [-0.15, -0.1) is 0 Å².